The fraction of sp³-hybridized carbons (Fsp3) is 0.222. The lowest BCUT2D eigenvalue weighted by Gasteiger charge is -2.12. The van der Waals surface area contributed by atoms with Crippen LogP contribution in [0, 0.1) is 6.92 Å². The highest BCUT2D eigenvalue weighted by molar-refractivity contribution is 8.09. The lowest BCUT2D eigenvalue weighted by molar-refractivity contribution is 0.616. The van der Waals surface area contributed by atoms with Gasteiger partial charge >= 0.3 is 0 Å². The predicted molar refractivity (Wildman–Crippen MR) is 49.6 cm³/mol. The first kappa shape index (κ1) is 8.50. The highest BCUT2D eigenvalue weighted by Gasteiger charge is 1.85. The van der Waals surface area contributed by atoms with Crippen molar-refractivity contribution in [3.8, 4) is 0 Å². The summed E-state index contributed by atoms with van der Waals surface area (Å²) in [6.45, 7) is 3.82. The van der Waals surface area contributed by atoms with Crippen molar-refractivity contribution in [3.63, 3.8) is 0 Å². The van der Waals surface area contributed by atoms with Crippen LogP contribution in [0.1, 0.15) is 12.5 Å². The molecule has 0 radical (unpaired) electrons. The molecular weight excluding hydrogens is 156 g/mol. The molecule has 0 fully saturated rings. The average molecular weight is 167 g/mol. The molecule has 0 heterocycles. The number of hydrogen-bond donors (Lipinski definition) is 0. The maximum atomic E-state index is 11.2. The van der Waals surface area contributed by atoms with Crippen LogP contribution in [0.3, 0.4) is 0 Å². The SMILES string of the molecule is CC=S([O-])c1ccc(C)cc1. The molecule has 0 amide bonds. The van der Waals surface area contributed by atoms with Crippen molar-refractivity contribution in [2.24, 2.45) is 0 Å². The molecule has 0 aliphatic carbocycles. The molecule has 0 aliphatic rings. The van der Waals surface area contributed by atoms with Crippen molar-refractivity contribution >= 4 is 16.1 Å². The molecule has 1 nitrogen and oxygen atoms in total. The summed E-state index contributed by atoms with van der Waals surface area (Å²) >= 11 is 0. The second kappa shape index (κ2) is 3.69. The second-order valence-electron chi connectivity index (χ2n) is 2.35. The Labute approximate surface area is 69.8 Å². The van der Waals surface area contributed by atoms with Gasteiger partial charge in [-0.3, -0.25) is 0 Å². The van der Waals surface area contributed by atoms with E-state index in [9.17, 15) is 4.55 Å². The van der Waals surface area contributed by atoms with Crippen LogP contribution in [0.4, 0.5) is 0 Å². The van der Waals surface area contributed by atoms with E-state index in [2.05, 4.69) is 0 Å². The van der Waals surface area contributed by atoms with Gasteiger partial charge in [-0.15, -0.1) is 0 Å². The van der Waals surface area contributed by atoms with Crippen LogP contribution in [0.5, 0.6) is 0 Å². The lowest BCUT2D eigenvalue weighted by Crippen LogP contribution is -1.76. The largest absolute Gasteiger partial charge is 0.799 e. The van der Waals surface area contributed by atoms with E-state index in [-0.39, 0.29) is 0 Å². The Kier molecular flexibility index (Phi) is 2.85. The number of hydrogen-bond acceptors (Lipinski definition) is 1. The monoisotopic (exact) mass is 167 g/mol. The Morgan fingerprint density at radius 3 is 2.27 bits per heavy atom. The molecule has 2 heteroatoms. The molecule has 1 atom stereocenters. The summed E-state index contributed by atoms with van der Waals surface area (Å²) in [4.78, 5) is 0.873. The van der Waals surface area contributed by atoms with Gasteiger partial charge in [0.25, 0.3) is 0 Å². The van der Waals surface area contributed by atoms with Gasteiger partial charge in [-0.05, 0) is 30.9 Å². The third kappa shape index (κ3) is 2.17. The highest BCUT2D eigenvalue weighted by atomic mass is 32.2. The van der Waals surface area contributed by atoms with Crippen molar-refractivity contribution in [3.05, 3.63) is 29.8 Å². The van der Waals surface area contributed by atoms with E-state index in [0.717, 1.165) is 4.90 Å². The fourth-order valence-corrected chi connectivity index (χ4v) is 1.48. The summed E-state index contributed by atoms with van der Waals surface area (Å²) in [6.07, 6.45) is 0. The van der Waals surface area contributed by atoms with E-state index >= 15 is 0 Å². The molecular formula is C9H11OS-. The van der Waals surface area contributed by atoms with Crippen molar-refractivity contribution in [2.75, 3.05) is 0 Å². The average Bonchev–Trinajstić information content (AvgIpc) is 2.05. The minimum Gasteiger partial charge on any atom is -0.799 e. The van der Waals surface area contributed by atoms with E-state index in [1.54, 1.807) is 12.3 Å². The zero-order chi connectivity index (χ0) is 8.27. The molecule has 60 valence electrons. The van der Waals surface area contributed by atoms with E-state index < -0.39 is 10.8 Å². The molecule has 1 aromatic rings. The van der Waals surface area contributed by atoms with Gasteiger partial charge in [0.05, 0.1) is 0 Å². The van der Waals surface area contributed by atoms with Gasteiger partial charge in [-0.1, -0.05) is 23.1 Å². The van der Waals surface area contributed by atoms with E-state index in [4.69, 9.17) is 0 Å². The Balaban J connectivity index is 2.99. The summed E-state index contributed by atoms with van der Waals surface area (Å²) in [5.74, 6) is 0. The molecule has 0 aromatic heterocycles. The Bertz CT molecular complexity index is 261. The summed E-state index contributed by atoms with van der Waals surface area (Å²) in [6, 6.07) is 7.73. The van der Waals surface area contributed by atoms with E-state index in [1.165, 1.54) is 5.56 Å². The maximum absolute atomic E-state index is 11.2. The Morgan fingerprint density at radius 1 is 1.27 bits per heavy atom. The van der Waals surface area contributed by atoms with Crippen molar-refractivity contribution in [1.82, 2.24) is 0 Å². The zero-order valence-corrected chi connectivity index (χ0v) is 7.52. The van der Waals surface area contributed by atoms with Crippen LogP contribution in [0.25, 0.3) is 0 Å². The molecule has 0 N–H and O–H groups in total. The van der Waals surface area contributed by atoms with Crippen molar-refractivity contribution in [1.29, 1.82) is 0 Å². The lowest BCUT2D eigenvalue weighted by atomic mass is 10.2. The van der Waals surface area contributed by atoms with Crippen LogP contribution >= 0.6 is 10.8 Å². The van der Waals surface area contributed by atoms with Crippen molar-refractivity contribution in [2.45, 2.75) is 18.7 Å². The van der Waals surface area contributed by atoms with Gasteiger partial charge in [0, 0.05) is 0 Å². The first-order chi connectivity index (χ1) is 5.24. The minimum atomic E-state index is -0.924. The standard InChI is InChI=1S/C9H11OS/c1-3-11(10)9-6-4-8(2)5-7-9/h3-7H,1-2H3/q-1. The van der Waals surface area contributed by atoms with Crippen LogP contribution in [0.15, 0.2) is 29.2 Å². The summed E-state index contributed by atoms with van der Waals surface area (Å²) in [5, 5.41) is 1.69. The first-order valence-corrected chi connectivity index (χ1v) is 4.72. The molecule has 0 aliphatic heterocycles. The summed E-state index contributed by atoms with van der Waals surface area (Å²) in [7, 11) is -0.924. The first-order valence-electron chi connectivity index (χ1n) is 3.51. The third-order valence-corrected chi connectivity index (χ3v) is 2.63. The molecule has 0 spiro atoms. The number of benzene rings is 1. The predicted octanol–water partition coefficient (Wildman–Crippen LogP) is 2.58. The fourth-order valence-electron chi connectivity index (χ4n) is 0.808. The number of aryl methyl sites for hydroxylation is 1. The van der Waals surface area contributed by atoms with Crippen LogP contribution in [-0.4, -0.2) is 9.92 Å². The van der Waals surface area contributed by atoms with Crippen LogP contribution in [0.2, 0.25) is 0 Å². The molecule has 11 heavy (non-hydrogen) atoms. The van der Waals surface area contributed by atoms with Gasteiger partial charge in [0.2, 0.25) is 0 Å². The quantitative estimate of drug-likeness (QED) is 0.589. The Hall–Kier alpha value is -0.600. The Morgan fingerprint density at radius 2 is 1.82 bits per heavy atom. The van der Waals surface area contributed by atoms with Gasteiger partial charge in [0.15, 0.2) is 0 Å². The third-order valence-electron chi connectivity index (χ3n) is 1.47. The zero-order valence-electron chi connectivity index (χ0n) is 6.70. The van der Waals surface area contributed by atoms with Gasteiger partial charge in [-0.2, -0.15) is 0 Å². The van der Waals surface area contributed by atoms with Crippen LogP contribution < -0.4 is 0 Å². The topological polar surface area (TPSA) is 23.1 Å². The van der Waals surface area contributed by atoms with Gasteiger partial charge in [0.1, 0.15) is 0 Å². The second-order valence-corrected chi connectivity index (χ2v) is 3.88. The van der Waals surface area contributed by atoms with Gasteiger partial charge < -0.3 is 4.55 Å². The minimum absolute atomic E-state index is 0.873. The maximum Gasteiger partial charge on any atom is -0.0121 e. The van der Waals surface area contributed by atoms with Gasteiger partial charge in [-0.25, -0.2) is 10.8 Å². The van der Waals surface area contributed by atoms with Crippen LogP contribution in [-0.2, 0) is 0 Å². The molecule has 1 unspecified atom stereocenters. The summed E-state index contributed by atoms with van der Waals surface area (Å²) in [5.41, 5.74) is 1.20. The van der Waals surface area contributed by atoms with Crippen molar-refractivity contribution < 1.29 is 4.55 Å². The summed E-state index contributed by atoms with van der Waals surface area (Å²) < 4.78 is 11.2. The normalized spacial score (nSPS) is 13.4. The number of rotatable bonds is 1. The molecule has 0 saturated heterocycles. The van der Waals surface area contributed by atoms with E-state index in [1.807, 2.05) is 31.2 Å². The smallest absolute Gasteiger partial charge is 0.0121 e. The molecule has 0 saturated carbocycles. The highest BCUT2D eigenvalue weighted by Crippen LogP contribution is 2.20. The van der Waals surface area contributed by atoms with E-state index in [0.29, 0.717) is 0 Å². The molecule has 1 aromatic carbocycles. The molecule has 0 bridgehead atoms. The molecule has 1 rings (SSSR count).